The Morgan fingerprint density at radius 3 is 2.86 bits per heavy atom. The number of sulfone groups is 1. The van der Waals surface area contributed by atoms with Crippen LogP contribution in [0.2, 0.25) is 0 Å². The fourth-order valence-electron chi connectivity index (χ4n) is 3.08. The lowest BCUT2D eigenvalue weighted by molar-refractivity contribution is 0.00612. The largest absolute Gasteiger partial charge is 0.622 e. The molecule has 0 aromatic carbocycles. The minimum atomic E-state index is -3.59. The Kier molecular flexibility index (Phi) is 7.02. The van der Waals surface area contributed by atoms with E-state index in [0.717, 1.165) is 30.6 Å². The first-order valence-electron chi connectivity index (χ1n) is 9.35. The molecule has 160 valence electrons. The molecule has 0 amide bonds. The zero-order chi connectivity index (χ0) is 21.1. The molecule has 0 spiro atoms. The molecule has 0 aliphatic carbocycles. The van der Waals surface area contributed by atoms with Gasteiger partial charge in [-0.2, -0.15) is 0 Å². The van der Waals surface area contributed by atoms with Gasteiger partial charge >= 0.3 is 11.1 Å². The van der Waals surface area contributed by atoms with Crippen LogP contribution in [0.15, 0.2) is 21.9 Å². The third-order valence-electron chi connectivity index (χ3n) is 4.60. The third-order valence-corrected chi connectivity index (χ3v) is 8.73. The van der Waals surface area contributed by atoms with Crippen molar-refractivity contribution in [3.63, 3.8) is 0 Å². The van der Waals surface area contributed by atoms with Crippen molar-refractivity contribution >= 4 is 43.6 Å². The highest BCUT2D eigenvalue weighted by Gasteiger charge is 2.46. The summed E-state index contributed by atoms with van der Waals surface area (Å²) < 4.78 is 29.3. The van der Waals surface area contributed by atoms with Crippen molar-refractivity contribution in [2.75, 3.05) is 26.0 Å². The molecule has 1 aliphatic rings. The van der Waals surface area contributed by atoms with E-state index in [1.54, 1.807) is 29.5 Å². The van der Waals surface area contributed by atoms with Crippen LogP contribution in [0.25, 0.3) is 0 Å². The molecule has 9 nitrogen and oxygen atoms in total. The van der Waals surface area contributed by atoms with Crippen LogP contribution in [-0.4, -0.2) is 61.7 Å². The molecule has 2 unspecified atom stereocenters. The number of quaternary nitrogens is 1. The number of nitrogens with zero attached hydrogens (tertiary/aromatic N) is 4. The van der Waals surface area contributed by atoms with Gasteiger partial charge in [0.15, 0.2) is 0 Å². The van der Waals surface area contributed by atoms with Gasteiger partial charge in [0.2, 0.25) is 14.2 Å². The fraction of sp³-hybridized carbons (Fsp3) is 0.588. The normalized spacial score (nSPS) is 22.8. The monoisotopic (exact) mass is 460 g/mol. The number of carbonyl (C=O) groups is 1. The van der Waals surface area contributed by atoms with E-state index in [1.807, 2.05) is 0 Å². The Bertz CT molecular complexity index is 931. The summed E-state index contributed by atoms with van der Waals surface area (Å²) in [4.78, 5) is 14.4. The van der Waals surface area contributed by atoms with Gasteiger partial charge in [-0.3, -0.25) is 4.65 Å². The lowest BCUT2D eigenvalue weighted by Crippen LogP contribution is -2.50. The molecule has 2 atom stereocenters. The highest BCUT2D eigenvalue weighted by Crippen LogP contribution is 2.35. The summed E-state index contributed by atoms with van der Waals surface area (Å²) >= 11 is 1.99. The topological polar surface area (TPSA) is 113 Å². The van der Waals surface area contributed by atoms with Crippen molar-refractivity contribution < 1.29 is 17.9 Å². The highest BCUT2D eigenvalue weighted by atomic mass is 32.2. The number of hydrogen-bond acceptors (Lipinski definition) is 10. The van der Waals surface area contributed by atoms with Crippen LogP contribution >= 0.6 is 22.7 Å². The van der Waals surface area contributed by atoms with Gasteiger partial charge in [-0.15, -0.1) is 16.4 Å². The smallest absolute Gasteiger partial charge is 0.352 e. The van der Waals surface area contributed by atoms with Gasteiger partial charge in [-0.25, -0.2) is 18.1 Å². The molecule has 1 saturated heterocycles. The molecule has 3 rings (SSSR count). The first-order valence-corrected chi connectivity index (χ1v) is 12.7. The summed E-state index contributed by atoms with van der Waals surface area (Å²) in [5.74, 6) is -0.594. The van der Waals surface area contributed by atoms with Gasteiger partial charge < -0.3 is 9.94 Å². The molecule has 2 aromatic rings. The Balaban J connectivity index is 1.76. The van der Waals surface area contributed by atoms with Crippen molar-refractivity contribution in [2.24, 2.45) is 0 Å². The Morgan fingerprint density at radius 2 is 2.17 bits per heavy atom. The van der Waals surface area contributed by atoms with E-state index in [-0.39, 0.29) is 28.4 Å². The molecule has 0 radical (unpaired) electrons. The average Bonchev–Trinajstić information content (AvgIpc) is 3.40. The van der Waals surface area contributed by atoms with Crippen molar-refractivity contribution in [3.8, 4) is 0 Å². The Hall–Kier alpha value is -1.44. The van der Waals surface area contributed by atoms with E-state index >= 15 is 0 Å². The van der Waals surface area contributed by atoms with Crippen molar-refractivity contribution in [2.45, 2.75) is 43.2 Å². The number of carbonyl (C=O) groups excluding carboxylic acids is 1. The van der Waals surface area contributed by atoms with Crippen LogP contribution in [0.4, 0.5) is 5.13 Å². The number of rotatable bonds is 9. The van der Waals surface area contributed by atoms with E-state index in [0.29, 0.717) is 11.3 Å². The molecule has 0 saturated carbocycles. The summed E-state index contributed by atoms with van der Waals surface area (Å²) in [5.41, 5.74) is 0. The predicted molar refractivity (Wildman–Crippen MR) is 112 cm³/mol. The maximum Gasteiger partial charge on any atom is 0.352 e. The number of thiophene rings is 1. The SMILES string of the molecule is CCCCCCS(=O)(=O)c1nnc([N+]2([O-])CN(C)CC2OC(=O)c2cccs2)s1. The molecule has 12 heteroatoms. The average molecular weight is 461 g/mol. The van der Waals surface area contributed by atoms with Crippen LogP contribution in [0.1, 0.15) is 42.3 Å². The van der Waals surface area contributed by atoms with Gasteiger partial charge in [0.25, 0.3) is 6.23 Å². The highest BCUT2D eigenvalue weighted by molar-refractivity contribution is 7.93. The van der Waals surface area contributed by atoms with Gasteiger partial charge in [0, 0.05) is 0 Å². The number of esters is 1. The number of hydroxylamine groups is 2. The minimum Gasteiger partial charge on any atom is -0.622 e. The van der Waals surface area contributed by atoms with Crippen molar-refractivity contribution in [1.82, 2.24) is 19.7 Å². The second kappa shape index (κ2) is 9.14. The van der Waals surface area contributed by atoms with Gasteiger partial charge in [-0.1, -0.05) is 37.4 Å². The lowest BCUT2D eigenvalue weighted by atomic mass is 10.2. The number of hydrogen-bond donors (Lipinski definition) is 0. The number of likely N-dealkylation sites (N-methyl/N-ethyl adjacent to an activating group) is 1. The van der Waals surface area contributed by atoms with Gasteiger partial charge in [-0.05, 0) is 36.3 Å². The van der Waals surface area contributed by atoms with Crippen LogP contribution in [0.5, 0.6) is 0 Å². The van der Waals surface area contributed by atoms with E-state index < -0.39 is 26.7 Å². The third kappa shape index (κ3) is 5.01. The van der Waals surface area contributed by atoms with E-state index in [1.165, 1.54) is 11.3 Å². The number of unbranched alkanes of at least 4 members (excludes halogenated alkanes) is 3. The van der Waals surface area contributed by atoms with E-state index in [2.05, 4.69) is 17.1 Å². The summed E-state index contributed by atoms with van der Waals surface area (Å²) in [6.45, 7) is 2.27. The first-order chi connectivity index (χ1) is 13.8. The molecular weight excluding hydrogens is 436 g/mol. The van der Waals surface area contributed by atoms with Crippen molar-refractivity contribution in [1.29, 1.82) is 0 Å². The Morgan fingerprint density at radius 1 is 1.38 bits per heavy atom. The molecule has 3 heterocycles. The molecule has 0 N–H and O–H groups in total. The van der Waals surface area contributed by atoms with Crippen LogP contribution in [-0.2, 0) is 14.6 Å². The predicted octanol–water partition coefficient (Wildman–Crippen LogP) is 2.84. The second-order valence-electron chi connectivity index (χ2n) is 7.04. The summed E-state index contributed by atoms with van der Waals surface area (Å²) in [6.07, 6.45) is 2.32. The Labute approximate surface area is 178 Å². The van der Waals surface area contributed by atoms with E-state index in [4.69, 9.17) is 4.74 Å². The standard InChI is InChI=1S/C17H24N4O5S3/c1-3-4-5-6-10-29(24,25)17-19-18-16(28-17)21(23)12-20(2)11-14(21)26-15(22)13-8-7-9-27-13/h7-9,14H,3-6,10-12H2,1-2H3. The summed E-state index contributed by atoms with van der Waals surface area (Å²) in [7, 11) is -1.86. The fourth-order valence-corrected chi connectivity index (χ4v) is 6.24. The molecule has 1 fully saturated rings. The maximum absolute atomic E-state index is 13.5. The quantitative estimate of drug-likeness (QED) is 0.243. The molecule has 1 aliphatic heterocycles. The minimum absolute atomic E-state index is 0.00638. The molecule has 0 bridgehead atoms. The summed E-state index contributed by atoms with van der Waals surface area (Å²) in [5, 5.41) is 22.9. The van der Waals surface area contributed by atoms with E-state index in [9.17, 15) is 18.4 Å². The summed E-state index contributed by atoms with van der Waals surface area (Å²) in [6, 6.07) is 3.35. The first kappa shape index (κ1) is 22.2. The second-order valence-corrected chi connectivity index (χ2v) is 11.2. The van der Waals surface area contributed by atoms with Gasteiger partial charge in [0.1, 0.15) is 11.5 Å². The van der Waals surface area contributed by atoms with Crippen LogP contribution in [0, 0.1) is 5.21 Å². The molecular formula is C17H24N4O5S3. The maximum atomic E-state index is 13.5. The van der Waals surface area contributed by atoms with Crippen LogP contribution in [0.3, 0.4) is 0 Å². The zero-order valence-corrected chi connectivity index (χ0v) is 18.8. The molecule has 2 aromatic heterocycles. The number of aromatic nitrogens is 2. The zero-order valence-electron chi connectivity index (χ0n) is 16.3. The van der Waals surface area contributed by atoms with Crippen molar-refractivity contribution in [3.05, 3.63) is 27.6 Å². The van der Waals surface area contributed by atoms with Gasteiger partial charge in [0.05, 0.1) is 12.3 Å². The van der Waals surface area contributed by atoms with Crippen LogP contribution < -0.4 is 4.65 Å². The lowest BCUT2D eigenvalue weighted by Gasteiger charge is -2.38. The molecule has 29 heavy (non-hydrogen) atoms. The number of ether oxygens (including phenoxy) is 1.